The second-order valence-corrected chi connectivity index (χ2v) is 4.16. The van der Waals surface area contributed by atoms with E-state index in [1.54, 1.807) is 6.20 Å². The largest absolute Gasteiger partial charge is 0.367 e. The number of aromatic nitrogens is 1. The van der Waals surface area contributed by atoms with Crippen LogP contribution in [0.15, 0.2) is 22.8 Å². The molecule has 3 nitrogen and oxygen atoms in total. The van der Waals surface area contributed by atoms with Crippen molar-refractivity contribution in [1.82, 2.24) is 4.98 Å². The Labute approximate surface area is 93.2 Å². The third-order valence-electron chi connectivity index (χ3n) is 1.98. The van der Waals surface area contributed by atoms with Crippen LogP contribution in [0, 0.1) is 0 Å². The van der Waals surface area contributed by atoms with Gasteiger partial charge < -0.3 is 11.1 Å². The van der Waals surface area contributed by atoms with E-state index in [1.807, 2.05) is 12.1 Å². The van der Waals surface area contributed by atoms with E-state index in [1.165, 1.54) is 0 Å². The summed E-state index contributed by atoms with van der Waals surface area (Å²) in [6.45, 7) is 2.88. The summed E-state index contributed by atoms with van der Waals surface area (Å²) in [5, 5.41) is 3.33. The maximum Gasteiger partial charge on any atom is 0.140 e. The number of rotatable bonds is 5. The highest BCUT2D eigenvalue weighted by Gasteiger charge is 2.04. The number of anilines is 1. The first kappa shape index (κ1) is 11.5. The van der Waals surface area contributed by atoms with E-state index in [4.69, 9.17) is 5.73 Å². The SMILES string of the molecule is CC(CCCN)Nc1ncccc1Br. The van der Waals surface area contributed by atoms with Crippen LogP contribution in [0.5, 0.6) is 0 Å². The van der Waals surface area contributed by atoms with Crippen molar-refractivity contribution >= 4 is 21.7 Å². The molecule has 0 fully saturated rings. The zero-order valence-electron chi connectivity index (χ0n) is 8.33. The number of nitrogens with one attached hydrogen (secondary N) is 1. The predicted molar refractivity (Wildman–Crippen MR) is 63.3 cm³/mol. The summed E-state index contributed by atoms with van der Waals surface area (Å²) in [6, 6.07) is 4.29. The third-order valence-corrected chi connectivity index (χ3v) is 2.62. The minimum Gasteiger partial charge on any atom is -0.367 e. The molecule has 1 unspecified atom stereocenters. The van der Waals surface area contributed by atoms with E-state index in [-0.39, 0.29) is 0 Å². The molecule has 0 aliphatic rings. The van der Waals surface area contributed by atoms with Crippen molar-refractivity contribution in [2.75, 3.05) is 11.9 Å². The van der Waals surface area contributed by atoms with Gasteiger partial charge in [0.05, 0.1) is 4.47 Å². The van der Waals surface area contributed by atoms with Gasteiger partial charge in [-0.25, -0.2) is 4.98 Å². The van der Waals surface area contributed by atoms with Gasteiger partial charge >= 0.3 is 0 Å². The molecular weight excluding hydrogens is 242 g/mol. The molecule has 0 amide bonds. The number of halogens is 1. The standard InChI is InChI=1S/C10H16BrN3/c1-8(4-2-6-12)14-10-9(11)5-3-7-13-10/h3,5,7-8H,2,4,6,12H2,1H3,(H,13,14). The van der Waals surface area contributed by atoms with Crippen molar-refractivity contribution in [2.24, 2.45) is 5.73 Å². The normalized spacial score (nSPS) is 12.5. The van der Waals surface area contributed by atoms with Crippen molar-refractivity contribution < 1.29 is 0 Å². The summed E-state index contributed by atoms with van der Waals surface area (Å²) in [5.74, 6) is 0.900. The molecule has 3 N–H and O–H groups in total. The van der Waals surface area contributed by atoms with Gasteiger partial charge in [0.25, 0.3) is 0 Å². The smallest absolute Gasteiger partial charge is 0.140 e. The lowest BCUT2D eigenvalue weighted by molar-refractivity contribution is 0.660. The van der Waals surface area contributed by atoms with Crippen molar-refractivity contribution in [3.05, 3.63) is 22.8 Å². The molecule has 0 saturated carbocycles. The number of nitrogens with two attached hydrogens (primary N) is 1. The molecule has 0 aliphatic heterocycles. The van der Waals surface area contributed by atoms with E-state index in [2.05, 4.69) is 33.2 Å². The fourth-order valence-corrected chi connectivity index (χ4v) is 1.59. The van der Waals surface area contributed by atoms with E-state index in [0.29, 0.717) is 6.04 Å². The maximum atomic E-state index is 5.45. The minimum absolute atomic E-state index is 0.407. The number of hydrogen-bond acceptors (Lipinski definition) is 3. The Hall–Kier alpha value is -0.610. The molecule has 0 spiro atoms. The molecule has 0 saturated heterocycles. The summed E-state index contributed by atoms with van der Waals surface area (Å²) in [4.78, 5) is 4.24. The first-order valence-corrected chi connectivity index (χ1v) is 5.60. The van der Waals surface area contributed by atoms with E-state index in [9.17, 15) is 0 Å². The number of hydrogen-bond donors (Lipinski definition) is 2. The minimum atomic E-state index is 0.407. The Bertz CT molecular complexity index is 278. The van der Waals surface area contributed by atoms with E-state index < -0.39 is 0 Å². The Kier molecular flexibility index (Phi) is 4.90. The van der Waals surface area contributed by atoms with Gasteiger partial charge in [0.15, 0.2) is 0 Å². The molecule has 1 aromatic heterocycles. The van der Waals surface area contributed by atoms with Crippen LogP contribution in [0.4, 0.5) is 5.82 Å². The molecule has 1 rings (SSSR count). The summed E-state index contributed by atoms with van der Waals surface area (Å²) < 4.78 is 1.000. The number of nitrogens with zero attached hydrogens (tertiary/aromatic N) is 1. The van der Waals surface area contributed by atoms with Gasteiger partial charge in [-0.1, -0.05) is 0 Å². The van der Waals surface area contributed by atoms with Crippen LogP contribution in [0.1, 0.15) is 19.8 Å². The Morgan fingerprint density at radius 2 is 2.43 bits per heavy atom. The van der Waals surface area contributed by atoms with Gasteiger partial charge in [0.1, 0.15) is 5.82 Å². The monoisotopic (exact) mass is 257 g/mol. The summed E-state index contributed by atoms with van der Waals surface area (Å²) in [6.07, 6.45) is 3.89. The van der Waals surface area contributed by atoms with Gasteiger partial charge in [-0.15, -0.1) is 0 Å². The molecule has 1 atom stereocenters. The van der Waals surface area contributed by atoms with Gasteiger partial charge in [0, 0.05) is 12.2 Å². The maximum absolute atomic E-state index is 5.45. The Balaban J connectivity index is 2.47. The Morgan fingerprint density at radius 3 is 3.07 bits per heavy atom. The van der Waals surface area contributed by atoms with Crippen LogP contribution < -0.4 is 11.1 Å². The quantitative estimate of drug-likeness (QED) is 0.852. The van der Waals surface area contributed by atoms with Crippen LogP contribution in [0.25, 0.3) is 0 Å². The highest BCUT2D eigenvalue weighted by atomic mass is 79.9. The van der Waals surface area contributed by atoms with Gasteiger partial charge in [0.2, 0.25) is 0 Å². The van der Waals surface area contributed by atoms with Crippen LogP contribution in [0.3, 0.4) is 0 Å². The van der Waals surface area contributed by atoms with Gasteiger partial charge in [-0.2, -0.15) is 0 Å². The topological polar surface area (TPSA) is 50.9 Å². The van der Waals surface area contributed by atoms with Crippen molar-refractivity contribution in [3.8, 4) is 0 Å². The highest BCUT2D eigenvalue weighted by Crippen LogP contribution is 2.19. The first-order chi connectivity index (χ1) is 6.74. The van der Waals surface area contributed by atoms with Crippen molar-refractivity contribution in [1.29, 1.82) is 0 Å². The lowest BCUT2D eigenvalue weighted by atomic mass is 10.2. The fraction of sp³-hybridized carbons (Fsp3) is 0.500. The number of pyridine rings is 1. The summed E-state index contributed by atoms with van der Waals surface area (Å²) in [5.41, 5.74) is 5.45. The molecule has 4 heteroatoms. The highest BCUT2D eigenvalue weighted by molar-refractivity contribution is 9.10. The van der Waals surface area contributed by atoms with Crippen LogP contribution >= 0.6 is 15.9 Å². The molecule has 78 valence electrons. The second-order valence-electron chi connectivity index (χ2n) is 3.31. The van der Waals surface area contributed by atoms with Crippen molar-refractivity contribution in [3.63, 3.8) is 0 Å². The summed E-state index contributed by atoms with van der Waals surface area (Å²) >= 11 is 3.44. The average molecular weight is 258 g/mol. The zero-order valence-corrected chi connectivity index (χ0v) is 9.92. The van der Waals surface area contributed by atoms with E-state index in [0.717, 1.165) is 29.7 Å². The van der Waals surface area contributed by atoms with Gasteiger partial charge in [-0.05, 0) is 54.4 Å². The lowest BCUT2D eigenvalue weighted by Crippen LogP contribution is -2.17. The molecule has 1 aromatic rings. The second kappa shape index (κ2) is 5.98. The molecule has 0 aromatic carbocycles. The molecular formula is C10H16BrN3. The van der Waals surface area contributed by atoms with Gasteiger partial charge in [-0.3, -0.25) is 0 Å². The molecule has 14 heavy (non-hydrogen) atoms. The molecule has 0 radical (unpaired) electrons. The molecule has 0 bridgehead atoms. The van der Waals surface area contributed by atoms with Crippen molar-refractivity contribution in [2.45, 2.75) is 25.8 Å². The van der Waals surface area contributed by atoms with Crippen LogP contribution in [-0.4, -0.2) is 17.6 Å². The first-order valence-electron chi connectivity index (χ1n) is 4.81. The third kappa shape index (κ3) is 3.64. The molecule has 0 aliphatic carbocycles. The lowest BCUT2D eigenvalue weighted by Gasteiger charge is -2.14. The van der Waals surface area contributed by atoms with Crippen LogP contribution in [0.2, 0.25) is 0 Å². The predicted octanol–water partition coefficient (Wildman–Crippen LogP) is 2.38. The Morgan fingerprint density at radius 1 is 1.64 bits per heavy atom. The summed E-state index contributed by atoms with van der Waals surface area (Å²) in [7, 11) is 0. The average Bonchev–Trinajstić information content (AvgIpc) is 2.18. The zero-order chi connectivity index (χ0) is 10.4. The fourth-order valence-electron chi connectivity index (χ4n) is 1.22. The van der Waals surface area contributed by atoms with E-state index >= 15 is 0 Å². The molecule has 1 heterocycles. The van der Waals surface area contributed by atoms with Crippen LogP contribution in [-0.2, 0) is 0 Å².